The Morgan fingerprint density at radius 1 is 1.37 bits per heavy atom. The first kappa shape index (κ1) is 22.6. The number of nitrogens with one attached hydrogen (secondary N) is 1. The van der Waals surface area contributed by atoms with Gasteiger partial charge in [-0.05, 0) is 18.9 Å². The lowest BCUT2D eigenvalue weighted by atomic mass is 10.0. The lowest BCUT2D eigenvalue weighted by Gasteiger charge is -2.15. The third-order valence-electron chi connectivity index (χ3n) is 4.34. The van der Waals surface area contributed by atoms with Crippen molar-refractivity contribution in [1.29, 1.82) is 0 Å². The van der Waals surface area contributed by atoms with Gasteiger partial charge in [0.05, 0.1) is 22.7 Å². The quantitative estimate of drug-likeness (QED) is 0.684. The molecule has 0 unspecified atom stereocenters. The van der Waals surface area contributed by atoms with Gasteiger partial charge in [0.1, 0.15) is 4.34 Å². The molecule has 160 valence electrons. The fourth-order valence-corrected chi connectivity index (χ4v) is 5.21. The molecule has 11 heteroatoms. The summed E-state index contributed by atoms with van der Waals surface area (Å²) in [6, 6.07) is 2.26. The Balaban J connectivity index is 1.74. The molecule has 1 N–H and O–H groups in total. The van der Waals surface area contributed by atoms with Crippen molar-refractivity contribution < 1.29 is 22.2 Å². The number of anilines is 1. The molecule has 0 atom stereocenters. The van der Waals surface area contributed by atoms with Gasteiger partial charge in [0.25, 0.3) is 17.9 Å². The number of halogens is 4. The predicted molar refractivity (Wildman–Crippen MR) is 111 cm³/mol. The average molecular weight is 477 g/mol. The largest absolute Gasteiger partial charge is 0.320 e. The zero-order valence-electron chi connectivity index (χ0n) is 15.4. The molecule has 1 amide bonds. The van der Waals surface area contributed by atoms with Gasteiger partial charge in [-0.25, -0.2) is 13.2 Å². The van der Waals surface area contributed by atoms with E-state index in [-0.39, 0.29) is 16.5 Å². The van der Waals surface area contributed by atoms with Gasteiger partial charge in [0.2, 0.25) is 0 Å². The van der Waals surface area contributed by atoms with Crippen LogP contribution in [0.4, 0.5) is 18.9 Å². The normalized spacial score (nSPS) is 18.7. The second kappa shape index (κ2) is 9.81. The Hall–Kier alpha value is -2.09. The number of hydrogen-bond donors (Lipinski definition) is 1. The molecule has 5 nitrogen and oxygen atoms in total. The molecule has 1 aliphatic rings. The highest BCUT2D eigenvalue weighted by Crippen LogP contribution is 2.28. The number of thiophene rings is 1. The third-order valence-corrected chi connectivity index (χ3v) is 7.08. The van der Waals surface area contributed by atoms with Crippen molar-refractivity contribution in [2.24, 2.45) is 5.92 Å². The number of aromatic nitrogens is 1. The molecule has 0 aliphatic carbocycles. The highest BCUT2D eigenvalue weighted by Gasteiger charge is 2.18. The topological polar surface area (TPSA) is 68.2 Å². The maximum absolute atomic E-state index is 13.7. The first-order valence-corrected chi connectivity index (χ1v) is 11.6. The summed E-state index contributed by atoms with van der Waals surface area (Å²) < 4.78 is 51.0. The minimum atomic E-state index is -2.85. The molecule has 0 radical (unpaired) electrons. The van der Waals surface area contributed by atoms with Crippen molar-refractivity contribution >= 4 is 45.3 Å². The number of amides is 1. The van der Waals surface area contributed by atoms with E-state index in [1.807, 2.05) is 0 Å². The van der Waals surface area contributed by atoms with E-state index in [0.717, 1.165) is 36.4 Å². The maximum Gasteiger partial charge on any atom is 0.286 e. The van der Waals surface area contributed by atoms with E-state index in [1.54, 1.807) is 0 Å². The van der Waals surface area contributed by atoms with Crippen molar-refractivity contribution in [3.8, 4) is 11.8 Å². The molecule has 1 saturated heterocycles. The van der Waals surface area contributed by atoms with Gasteiger partial charge in [-0.1, -0.05) is 23.4 Å². The second-order valence-electron chi connectivity index (χ2n) is 6.57. The molecule has 3 rings (SSSR count). The number of carbonyl (C=O) groups excluding carboxylic acids is 1. The van der Waals surface area contributed by atoms with Gasteiger partial charge in [-0.2, -0.15) is 0 Å². The van der Waals surface area contributed by atoms with Gasteiger partial charge in [0.15, 0.2) is 5.82 Å². The van der Waals surface area contributed by atoms with Crippen molar-refractivity contribution in [3.05, 3.63) is 49.3 Å². The van der Waals surface area contributed by atoms with Gasteiger partial charge in [0, 0.05) is 40.5 Å². The second-order valence-corrected chi connectivity index (χ2v) is 9.92. The van der Waals surface area contributed by atoms with E-state index in [1.165, 1.54) is 6.07 Å². The predicted octanol–water partition coefficient (Wildman–Crippen LogP) is 3.73. The van der Waals surface area contributed by atoms with Crippen LogP contribution in [0.3, 0.4) is 0 Å². The zero-order chi connectivity index (χ0) is 21.8. The molecular formula is C19H16ClF3N2O3S2. The molecule has 0 aromatic carbocycles. The fraction of sp³-hybridized carbons (Fsp3) is 0.368. The summed E-state index contributed by atoms with van der Waals surface area (Å²) in [7, 11) is -0.778. The first-order chi connectivity index (χ1) is 14.2. The minimum absolute atomic E-state index is 0.120. The number of pyridine rings is 1. The monoisotopic (exact) mass is 476 g/mol. The standard InChI is InChI=1S/C19H16ClF3N2O3S2/c20-17-12(2-1-11-3-5-30(28)6-4-11)7-15(29-17)18(26)24-13-8-14(21)19(27)25(9-13)10-16(22)23/h7-9,11,16H,3-6,10H2,(H,24,26). The summed E-state index contributed by atoms with van der Waals surface area (Å²) in [5.74, 6) is 5.51. The van der Waals surface area contributed by atoms with E-state index in [0.29, 0.717) is 26.0 Å². The van der Waals surface area contributed by atoms with E-state index >= 15 is 0 Å². The summed E-state index contributed by atoms with van der Waals surface area (Å²) in [6.07, 6.45) is -0.406. The van der Waals surface area contributed by atoms with Crippen LogP contribution in [-0.4, -0.2) is 32.6 Å². The lowest BCUT2D eigenvalue weighted by Crippen LogP contribution is -2.26. The molecule has 1 aliphatic heterocycles. The summed E-state index contributed by atoms with van der Waals surface area (Å²) >= 11 is 7.13. The molecule has 0 bridgehead atoms. The third kappa shape index (κ3) is 5.74. The Morgan fingerprint density at radius 3 is 2.73 bits per heavy atom. The van der Waals surface area contributed by atoms with Gasteiger partial charge < -0.3 is 9.88 Å². The smallest absolute Gasteiger partial charge is 0.286 e. The van der Waals surface area contributed by atoms with Crippen LogP contribution in [-0.2, 0) is 17.3 Å². The van der Waals surface area contributed by atoms with Crippen molar-refractivity contribution in [3.63, 3.8) is 0 Å². The summed E-state index contributed by atoms with van der Waals surface area (Å²) in [5.41, 5.74) is -0.867. The molecule has 3 heterocycles. The highest BCUT2D eigenvalue weighted by atomic mass is 35.5. The SMILES string of the molecule is O=C(Nc1cc(F)c(=O)n(CC(F)F)c1)c1cc(C#CC2CCS(=O)CC2)c(Cl)s1. The van der Waals surface area contributed by atoms with Crippen LogP contribution in [0.5, 0.6) is 0 Å². The van der Waals surface area contributed by atoms with Gasteiger partial charge in [-0.15, -0.1) is 11.3 Å². The van der Waals surface area contributed by atoms with Crippen LogP contribution in [0.15, 0.2) is 23.1 Å². The molecule has 2 aromatic heterocycles. The van der Waals surface area contributed by atoms with Gasteiger partial charge >= 0.3 is 0 Å². The van der Waals surface area contributed by atoms with Crippen LogP contribution in [0.25, 0.3) is 0 Å². The summed E-state index contributed by atoms with van der Waals surface area (Å²) in [6.45, 7) is -0.987. The molecule has 1 fully saturated rings. The maximum atomic E-state index is 13.7. The Morgan fingerprint density at radius 2 is 2.07 bits per heavy atom. The highest BCUT2D eigenvalue weighted by molar-refractivity contribution is 7.85. The minimum Gasteiger partial charge on any atom is -0.320 e. The van der Waals surface area contributed by atoms with Crippen LogP contribution in [0.1, 0.15) is 28.1 Å². The number of carbonyl (C=O) groups is 1. The summed E-state index contributed by atoms with van der Waals surface area (Å²) in [4.78, 5) is 24.2. The lowest BCUT2D eigenvalue weighted by molar-refractivity contribution is 0.103. The van der Waals surface area contributed by atoms with E-state index in [2.05, 4.69) is 17.2 Å². The molecule has 0 spiro atoms. The van der Waals surface area contributed by atoms with E-state index < -0.39 is 41.1 Å². The number of rotatable bonds is 4. The van der Waals surface area contributed by atoms with Crippen LogP contribution in [0.2, 0.25) is 4.34 Å². The number of alkyl halides is 2. The van der Waals surface area contributed by atoms with Crippen molar-refractivity contribution in [1.82, 2.24) is 4.57 Å². The number of hydrogen-bond acceptors (Lipinski definition) is 4. The van der Waals surface area contributed by atoms with Crippen LogP contribution >= 0.6 is 22.9 Å². The Kier molecular flexibility index (Phi) is 7.39. The Bertz CT molecular complexity index is 1090. The van der Waals surface area contributed by atoms with Crippen LogP contribution in [0, 0.1) is 23.6 Å². The fourth-order valence-electron chi connectivity index (χ4n) is 2.83. The van der Waals surface area contributed by atoms with Crippen molar-refractivity contribution in [2.75, 3.05) is 16.8 Å². The van der Waals surface area contributed by atoms with Crippen molar-refractivity contribution in [2.45, 2.75) is 25.8 Å². The van der Waals surface area contributed by atoms with E-state index in [9.17, 15) is 27.0 Å². The molecule has 2 aromatic rings. The molecular weight excluding hydrogens is 461 g/mol. The van der Waals surface area contributed by atoms with E-state index in [4.69, 9.17) is 11.6 Å². The number of nitrogens with zero attached hydrogens (tertiary/aromatic N) is 1. The average Bonchev–Trinajstić information content (AvgIpc) is 3.06. The zero-order valence-corrected chi connectivity index (χ0v) is 17.8. The van der Waals surface area contributed by atoms with Gasteiger partial charge in [-0.3, -0.25) is 13.8 Å². The summed E-state index contributed by atoms with van der Waals surface area (Å²) in [5, 5.41) is 2.38. The molecule has 0 saturated carbocycles. The van der Waals surface area contributed by atoms with Crippen LogP contribution < -0.4 is 10.9 Å². The Labute approximate surface area is 181 Å². The first-order valence-electron chi connectivity index (χ1n) is 8.88. The molecule has 30 heavy (non-hydrogen) atoms.